The van der Waals surface area contributed by atoms with Crippen molar-refractivity contribution in [1.29, 1.82) is 5.26 Å². The average Bonchev–Trinajstić information content (AvgIpc) is 2.73. The molecule has 2 aromatic carbocycles. The minimum Gasteiger partial charge on any atom is -0.493 e. The maximum atomic E-state index is 12.3. The van der Waals surface area contributed by atoms with Gasteiger partial charge < -0.3 is 20.1 Å². The van der Waals surface area contributed by atoms with E-state index in [2.05, 4.69) is 10.6 Å². The number of nitrogens with one attached hydrogen (secondary N) is 2. The molecule has 0 aliphatic heterocycles. The Bertz CT molecular complexity index is 919. The lowest BCUT2D eigenvalue weighted by Crippen LogP contribution is -2.36. The third kappa shape index (κ3) is 6.36. The molecule has 0 unspecified atom stereocenters. The number of hydrogen-bond acceptors (Lipinski definition) is 6. The largest absolute Gasteiger partial charge is 0.493 e. The highest BCUT2D eigenvalue weighted by Crippen LogP contribution is 2.17. The normalized spacial score (nSPS) is 10.9. The summed E-state index contributed by atoms with van der Waals surface area (Å²) < 4.78 is 10.4. The predicted molar refractivity (Wildman–Crippen MR) is 105 cm³/mol. The molecule has 0 aromatic heterocycles. The molecular formula is C21H21N3O5. The van der Waals surface area contributed by atoms with Crippen LogP contribution in [0.15, 0.2) is 48.5 Å². The Morgan fingerprint density at radius 3 is 2.45 bits per heavy atom. The fourth-order valence-corrected chi connectivity index (χ4v) is 2.35. The summed E-state index contributed by atoms with van der Waals surface area (Å²) >= 11 is 0. The van der Waals surface area contributed by atoms with Crippen molar-refractivity contribution in [3.63, 3.8) is 0 Å². The monoisotopic (exact) mass is 395 g/mol. The van der Waals surface area contributed by atoms with Gasteiger partial charge in [-0.15, -0.1) is 0 Å². The minimum atomic E-state index is -1.06. The van der Waals surface area contributed by atoms with Crippen LogP contribution >= 0.6 is 0 Å². The molecule has 0 saturated heterocycles. The second-order valence-corrected chi connectivity index (χ2v) is 5.92. The number of para-hydroxylation sites is 1. The molecule has 2 rings (SSSR count). The van der Waals surface area contributed by atoms with Crippen molar-refractivity contribution in [3.8, 4) is 11.8 Å². The third-order valence-corrected chi connectivity index (χ3v) is 3.78. The summed E-state index contributed by atoms with van der Waals surface area (Å²) in [6.07, 6.45) is -1.06. The molecule has 0 saturated carbocycles. The molecule has 0 heterocycles. The Hall–Kier alpha value is -3.86. The lowest BCUT2D eigenvalue weighted by Gasteiger charge is -2.14. The Balaban J connectivity index is 1.84. The third-order valence-electron chi connectivity index (χ3n) is 3.78. The molecule has 0 bridgehead atoms. The zero-order valence-corrected chi connectivity index (χ0v) is 16.1. The van der Waals surface area contributed by atoms with E-state index in [0.717, 1.165) is 0 Å². The average molecular weight is 395 g/mol. The molecule has 0 spiro atoms. The van der Waals surface area contributed by atoms with E-state index in [-0.39, 0.29) is 0 Å². The lowest BCUT2D eigenvalue weighted by molar-refractivity contribution is -0.152. The summed E-state index contributed by atoms with van der Waals surface area (Å²) in [6, 6.07) is 14.9. The van der Waals surface area contributed by atoms with Crippen LogP contribution in [0.1, 0.15) is 29.8 Å². The molecule has 0 radical (unpaired) electrons. The van der Waals surface area contributed by atoms with E-state index in [1.54, 1.807) is 55.5 Å². The smallest absolute Gasteiger partial charge is 0.326 e. The summed E-state index contributed by atoms with van der Waals surface area (Å²) in [5.41, 5.74) is 1.23. The van der Waals surface area contributed by atoms with Crippen molar-refractivity contribution in [1.82, 2.24) is 5.32 Å². The molecule has 0 aliphatic rings. The van der Waals surface area contributed by atoms with Crippen molar-refractivity contribution in [2.45, 2.75) is 20.0 Å². The van der Waals surface area contributed by atoms with Crippen LogP contribution < -0.4 is 15.4 Å². The fourth-order valence-electron chi connectivity index (χ4n) is 2.35. The lowest BCUT2D eigenvalue weighted by atomic mass is 10.2. The van der Waals surface area contributed by atoms with Gasteiger partial charge in [-0.2, -0.15) is 5.26 Å². The van der Waals surface area contributed by atoms with E-state index in [4.69, 9.17) is 14.7 Å². The number of carbonyl (C=O) groups is 3. The Morgan fingerprint density at radius 1 is 1.10 bits per heavy atom. The molecule has 8 nitrogen and oxygen atoms in total. The molecule has 0 aliphatic carbocycles. The van der Waals surface area contributed by atoms with Crippen LogP contribution in [0.3, 0.4) is 0 Å². The van der Waals surface area contributed by atoms with Crippen molar-refractivity contribution >= 4 is 23.5 Å². The number of ether oxygens (including phenoxy) is 2. The van der Waals surface area contributed by atoms with E-state index in [1.165, 1.54) is 6.92 Å². The molecular weight excluding hydrogens is 374 g/mol. The summed E-state index contributed by atoms with van der Waals surface area (Å²) in [5.74, 6) is -1.36. The number of hydrogen-bond donors (Lipinski definition) is 2. The van der Waals surface area contributed by atoms with Gasteiger partial charge >= 0.3 is 5.97 Å². The van der Waals surface area contributed by atoms with Crippen LogP contribution in [0.2, 0.25) is 0 Å². The molecule has 29 heavy (non-hydrogen) atoms. The van der Waals surface area contributed by atoms with Crippen LogP contribution in [0, 0.1) is 11.3 Å². The van der Waals surface area contributed by atoms with Gasteiger partial charge in [0.05, 0.1) is 23.8 Å². The first-order chi connectivity index (χ1) is 13.9. The second kappa shape index (κ2) is 10.5. The van der Waals surface area contributed by atoms with E-state index >= 15 is 0 Å². The van der Waals surface area contributed by atoms with E-state index in [1.807, 2.05) is 6.07 Å². The molecule has 2 N–H and O–H groups in total. The highest BCUT2D eigenvalue weighted by Gasteiger charge is 2.19. The number of nitrogens with zero attached hydrogens (tertiary/aromatic N) is 1. The van der Waals surface area contributed by atoms with Crippen LogP contribution in [-0.4, -0.2) is 37.0 Å². The van der Waals surface area contributed by atoms with Crippen molar-refractivity contribution in [2.75, 3.05) is 18.5 Å². The molecule has 0 fully saturated rings. The first-order valence-corrected chi connectivity index (χ1v) is 8.95. The topological polar surface area (TPSA) is 118 Å². The Morgan fingerprint density at radius 2 is 1.79 bits per heavy atom. The van der Waals surface area contributed by atoms with Crippen LogP contribution in [0.4, 0.5) is 5.69 Å². The molecule has 150 valence electrons. The number of rotatable bonds is 8. The second-order valence-electron chi connectivity index (χ2n) is 5.92. The number of carbonyl (C=O) groups excluding carboxylic acids is 3. The predicted octanol–water partition coefficient (Wildman–Crippen LogP) is 2.26. The minimum absolute atomic E-state index is 0.300. The highest BCUT2D eigenvalue weighted by atomic mass is 16.5. The number of nitriles is 1. The number of esters is 1. The van der Waals surface area contributed by atoms with Crippen LogP contribution in [0.5, 0.6) is 5.75 Å². The van der Waals surface area contributed by atoms with Crippen molar-refractivity contribution in [2.24, 2.45) is 0 Å². The van der Waals surface area contributed by atoms with Gasteiger partial charge in [-0.25, -0.2) is 0 Å². The van der Waals surface area contributed by atoms with Crippen molar-refractivity contribution in [3.05, 3.63) is 59.7 Å². The maximum absolute atomic E-state index is 12.3. The first kappa shape index (κ1) is 21.4. The fraction of sp³-hybridized carbons (Fsp3) is 0.238. The summed E-state index contributed by atoms with van der Waals surface area (Å²) in [7, 11) is 0. The highest BCUT2D eigenvalue weighted by molar-refractivity contribution is 5.99. The van der Waals surface area contributed by atoms with E-state index in [0.29, 0.717) is 29.2 Å². The number of amides is 2. The Labute approximate surface area is 168 Å². The molecule has 2 aromatic rings. The summed E-state index contributed by atoms with van der Waals surface area (Å²) in [6.45, 7) is 3.23. The quantitative estimate of drug-likeness (QED) is 0.662. The van der Waals surface area contributed by atoms with Gasteiger partial charge in [0.2, 0.25) is 0 Å². The SMILES string of the molecule is CCOc1ccccc1C(=O)NCC(=O)O[C@H](C)C(=O)Nc1ccc(C#N)cc1. The summed E-state index contributed by atoms with van der Waals surface area (Å²) in [5, 5.41) is 13.8. The first-order valence-electron chi connectivity index (χ1n) is 8.95. The molecule has 2 amide bonds. The zero-order valence-electron chi connectivity index (χ0n) is 16.1. The number of anilines is 1. The maximum Gasteiger partial charge on any atom is 0.326 e. The standard InChI is InChI=1S/C21H21N3O5/c1-3-28-18-7-5-4-6-17(18)21(27)23-13-19(25)29-14(2)20(26)24-16-10-8-15(12-22)9-11-16/h4-11,14H,3,13H2,1-2H3,(H,23,27)(H,24,26)/t14-/m1/s1. The molecule has 8 heteroatoms. The van der Waals surface area contributed by atoms with Gasteiger partial charge in [-0.1, -0.05) is 12.1 Å². The van der Waals surface area contributed by atoms with Gasteiger partial charge in [0, 0.05) is 5.69 Å². The van der Waals surface area contributed by atoms with E-state index < -0.39 is 30.4 Å². The van der Waals surface area contributed by atoms with Gasteiger partial charge in [0.1, 0.15) is 12.3 Å². The van der Waals surface area contributed by atoms with Gasteiger partial charge in [-0.05, 0) is 50.2 Å². The van der Waals surface area contributed by atoms with Gasteiger partial charge in [-0.3, -0.25) is 14.4 Å². The molecule has 1 atom stereocenters. The van der Waals surface area contributed by atoms with Gasteiger partial charge in [0.15, 0.2) is 6.10 Å². The summed E-state index contributed by atoms with van der Waals surface area (Å²) in [4.78, 5) is 36.3. The van der Waals surface area contributed by atoms with Crippen LogP contribution in [-0.2, 0) is 14.3 Å². The van der Waals surface area contributed by atoms with Crippen LogP contribution in [0.25, 0.3) is 0 Å². The van der Waals surface area contributed by atoms with Crippen molar-refractivity contribution < 1.29 is 23.9 Å². The zero-order chi connectivity index (χ0) is 21.2. The Kier molecular flexibility index (Phi) is 7.74. The van der Waals surface area contributed by atoms with E-state index in [9.17, 15) is 14.4 Å². The van der Waals surface area contributed by atoms with Gasteiger partial charge in [0.25, 0.3) is 11.8 Å². The number of benzene rings is 2.